The normalized spacial score (nSPS) is 11.7. The molecular weight excluding hydrogens is 267 g/mol. The minimum Gasteiger partial charge on any atom is -0.507 e. The Balaban J connectivity index is 2.56. The Morgan fingerprint density at radius 1 is 0.950 bits per heavy atom. The second-order valence-corrected chi connectivity index (χ2v) is 6.48. The van der Waals surface area contributed by atoms with E-state index in [-0.39, 0.29) is 0 Å². The van der Waals surface area contributed by atoms with Gasteiger partial charge in [0.2, 0.25) is 0 Å². The van der Waals surface area contributed by atoms with E-state index in [9.17, 15) is 10.2 Å². The molecule has 3 heteroatoms. The van der Waals surface area contributed by atoms with Gasteiger partial charge in [-0.15, -0.1) is 0 Å². The zero-order valence-corrected chi connectivity index (χ0v) is 13.2. The highest BCUT2D eigenvalue weighted by Gasteiger charge is 2.17. The van der Waals surface area contributed by atoms with Crippen molar-refractivity contribution in [3.05, 3.63) is 29.8 Å². The number of rotatable bonds is 6. The van der Waals surface area contributed by atoms with Crippen molar-refractivity contribution in [3.8, 4) is 11.5 Å². The van der Waals surface area contributed by atoms with Gasteiger partial charge in [0.15, 0.2) is 0 Å². The average Bonchev–Trinajstić information content (AvgIpc) is 2.47. The lowest BCUT2D eigenvalue weighted by atomic mass is 10.0. The van der Waals surface area contributed by atoms with E-state index in [1.165, 1.54) is 0 Å². The first kappa shape index (κ1) is 15.1. The summed E-state index contributed by atoms with van der Waals surface area (Å²) in [6.07, 6.45) is 5.20. The van der Waals surface area contributed by atoms with E-state index in [1.54, 1.807) is 0 Å². The van der Waals surface area contributed by atoms with Crippen LogP contribution in [-0.4, -0.2) is 16.4 Å². The van der Waals surface area contributed by atoms with Crippen molar-refractivity contribution in [1.29, 1.82) is 0 Å². The number of benzene rings is 2. The fourth-order valence-electron chi connectivity index (χ4n) is 2.53. The molecule has 0 fully saturated rings. The monoisotopic (exact) mass is 290 g/mol. The van der Waals surface area contributed by atoms with Gasteiger partial charge in [-0.3, -0.25) is 0 Å². The van der Waals surface area contributed by atoms with Crippen molar-refractivity contribution < 1.29 is 10.2 Å². The summed E-state index contributed by atoms with van der Waals surface area (Å²) in [6, 6.07) is 7.56. The number of hydrogen-bond acceptors (Lipinski definition) is 2. The van der Waals surface area contributed by atoms with E-state index in [1.807, 2.05) is 24.3 Å². The first-order valence-corrected chi connectivity index (χ1v) is 8.60. The third kappa shape index (κ3) is 2.91. The number of phenols is 2. The van der Waals surface area contributed by atoms with Gasteiger partial charge < -0.3 is 10.2 Å². The predicted octanol–water partition coefficient (Wildman–Crippen LogP) is 4.31. The Hall–Kier alpha value is -1.27. The molecule has 2 N–H and O–H groups in total. The van der Waals surface area contributed by atoms with Gasteiger partial charge in [0, 0.05) is 21.6 Å². The fourth-order valence-corrected chi connectivity index (χ4v) is 4.07. The maximum Gasteiger partial charge on any atom is 0.131 e. The quantitative estimate of drug-likeness (QED) is 0.473. The highest BCUT2D eigenvalue weighted by molar-refractivity contribution is 7.47. The molecule has 0 aliphatic rings. The summed E-state index contributed by atoms with van der Waals surface area (Å²) in [4.78, 5) is 0. The van der Waals surface area contributed by atoms with Crippen LogP contribution < -0.4 is 5.30 Å². The molecule has 0 saturated heterocycles. The number of unbranched alkanes of at least 4 members (excludes halogenated alkanes) is 1. The number of aromatic hydroxyl groups is 2. The van der Waals surface area contributed by atoms with Crippen molar-refractivity contribution in [2.75, 3.05) is 6.16 Å². The van der Waals surface area contributed by atoms with E-state index in [0.717, 1.165) is 53.5 Å². The van der Waals surface area contributed by atoms with E-state index in [0.29, 0.717) is 20.1 Å². The van der Waals surface area contributed by atoms with Gasteiger partial charge in [-0.2, -0.15) is 0 Å². The minimum absolute atomic E-state index is 0.360. The number of hydrogen-bond donors (Lipinski definition) is 2. The van der Waals surface area contributed by atoms with Crippen LogP contribution in [-0.2, 0) is 6.42 Å². The summed E-state index contributed by atoms with van der Waals surface area (Å²) in [5.74, 6) is 0.732. The predicted molar refractivity (Wildman–Crippen MR) is 89.0 cm³/mol. The first-order chi connectivity index (χ1) is 9.70. The lowest BCUT2D eigenvalue weighted by Gasteiger charge is -2.16. The highest BCUT2D eigenvalue weighted by Crippen LogP contribution is 2.38. The van der Waals surface area contributed by atoms with Crippen LogP contribution in [0.15, 0.2) is 24.3 Å². The van der Waals surface area contributed by atoms with Crippen LogP contribution in [0.1, 0.15) is 38.7 Å². The number of phenolic OH excluding ortho intramolecular Hbond substituents is 2. The molecule has 1 unspecified atom stereocenters. The van der Waals surface area contributed by atoms with Crippen molar-refractivity contribution in [2.24, 2.45) is 0 Å². The van der Waals surface area contributed by atoms with Gasteiger partial charge >= 0.3 is 0 Å². The van der Waals surface area contributed by atoms with Crippen LogP contribution in [0.2, 0.25) is 0 Å². The molecule has 0 aliphatic heterocycles. The molecular formula is C17H23O2P. The SMILES string of the molecule is CCCCPc1c(CCC)c(O)c2ccccc2c1O. The maximum atomic E-state index is 10.6. The Morgan fingerprint density at radius 2 is 1.60 bits per heavy atom. The summed E-state index contributed by atoms with van der Waals surface area (Å²) >= 11 is 0. The Labute approximate surface area is 122 Å². The zero-order chi connectivity index (χ0) is 14.5. The van der Waals surface area contributed by atoms with Crippen LogP contribution in [0, 0.1) is 0 Å². The Bertz CT molecular complexity index is 593. The molecule has 2 nitrogen and oxygen atoms in total. The summed E-state index contributed by atoms with van der Waals surface area (Å²) < 4.78 is 0. The molecule has 0 amide bonds. The lowest BCUT2D eigenvalue weighted by Crippen LogP contribution is -2.07. The summed E-state index contributed by atoms with van der Waals surface area (Å²) in [6.45, 7) is 4.28. The summed E-state index contributed by atoms with van der Waals surface area (Å²) in [7, 11) is 0.569. The summed E-state index contributed by atoms with van der Waals surface area (Å²) in [5.41, 5.74) is 0.943. The van der Waals surface area contributed by atoms with Crippen LogP contribution >= 0.6 is 8.58 Å². The molecule has 0 bridgehead atoms. The molecule has 1 atom stereocenters. The van der Waals surface area contributed by atoms with Crippen molar-refractivity contribution >= 4 is 24.7 Å². The molecule has 2 rings (SSSR count). The smallest absolute Gasteiger partial charge is 0.131 e. The molecule has 0 radical (unpaired) electrons. The van der Waals surface area contributed by atoms with Crippen LogP contribution in [0.5, 0.6) is 11.5 Å². The Kier molecular flexibility index (Phi) is 5.25. The first-order valence-electron chi connectivity index (χ1n) is 7.40. The van der Waals surface area contributed by atoms with Crippen molar-refractivity contribution in [3.63, 3.8) is 0 Å². The molecule has 0 heterocycles. The van der Waals surface area contributed by atoms with Gasteiger partial charge in [0.05, 0.1) is 0 Å². The molecule has 0 saturated carbocycles. The third-order valence-corrected chi connectivity index (χ3v) is 5.09. The topological polar surface area (TPSA) is 40.5 Å². The van der Waals surface area contributed by atoms with E-state index < -0.39 is 0 Å². The van der Waals surface area contributed by atoms with Crippen LogP contribution in [0.25, 0.3) is 10.8 Å². The highest BCUT2D eigenvalue weighted by atomic mass is 31.1. The number of fused-ring (bicyclic) bond motifs is 1. The molecule has 2 aromatic carbocycles. The van der Waals surface area contributed by atoms with Gasteiger partial charge in [-0.1, -0.05) is 59.5 Å². The fraction of sp³-hybridized carbons (Fsp3) is 0.412. The second kappa shape index (κ2) is 6.95. The zero-order valence-electron chi connectivity index (χ0n) is 12.2. The summed E-state index contributed by atoms with van der Waals surface area (Å²) in [5, 5.41) is 23.6. The van der Waals surface area contributed by atoms with Gasteiger partial charge in [-0.05, 0) is 19.0 Å². The average molecular weight is 290 g/mol. The minimum atomic E-state index is 0.360. The molecule has 0 aromatic heterocycles. The maximum absolute atomic E-state index is 10.6. The van der Waals surface area contributed by atoms with Gasteiger partial charge in [0.25, 0.3) is 0 Å². The molecule has 20 heavy (non-hydrogen) atoms. The van der Waals surface area contributed by atoms with E-state index in [2.05, 4.69) is 13.8 Å². The van der Waals surface area contributed by atoms with E-state index in [4.69, 9.17) is 0 Å². The van der Waals surface area contributed by atoms with Gasteiger partial charge in [0.1, 0.15) is 11.5 Å². The van der Waals surface area contributed by atoms with Crippen LogP contribution in [0.3, 0.4) is 0 Å². The lowest BCUT2D eigenvalue weighted by molar-refractivity contribution is 0.466. The third-order valence-electron chi connectivity index (χ3n) is 3.59. The largest absolute Gasteiger partial charge is 0.507 e. The molecule has 0 spiro atoms. The van der Waals surface area contributed by atoms with Gasteiger partial charge in [-0.25, -0.2) is 0 Å². The second-order valence-electron chi connectivity index (χ2n) is 5.13. The van der Waals surface area contributed by atoms with E-state index >= 15 is 0 Å². The molecule has 2 aromatic rings. The van der Waals surface area contributed by atoms with Crippen molar-refractivity contribution in [1.82, 2.24) is 0 Å². The molecule has 0 aliphatic carbocycles. The molecule has 108 valence electrons. The van der Waals surface area contributed by atoms with Crippen LogP contribution in [0.4, 0.5) is 0 Å². The van der Waals surface area contributed by atoms with Crippen molar-refractivity contribution in [2.45, 2.75) is 39.5 Å². The Morgan fingerprint density at radius 3 is 2.20 bits per heavy atom. The standard InChI is InChI=1S/C17H23O2P/c1-3-5-11-20-17-14(8-4-2)15(18)12-9-6-7-10-13(12)16(17)19/h6-7,9-10,18-20H,3-5,8,11H2,1-2H3.